The van der Waals surface area contributed by atoms with Crippen molar-refractivity contribution in [2.45, 2.75) is 30.0 Å². The molecule has 1 atom stereocenters. The van der Waals surface area contributed by atoms with Crippen LogP contribution < -0.4 is 10.1 Å². The van der Waals surface area contributed by atoms with E-state index in [-0.39, 0.29) is 17.7 Å². The lowest BCUT2D eigenvalue weighted by Crippen LogP contribution is -2.53. The molecule has 0 fully saturated rings. The Morgan fingerprint density at radius 3 is 2.08 bits per heavy atom. The van der Waals surface area contributed by atoms with Crippen LogP contribution in [0.25, 0.3) is 0 Å². The SMILES string of the molecule is O=C1Nc2c(C(F)(F)F)cccc2C1(c1ccc(OC(F)(F)F)cc1)N1CC=C(OS(=O)(=O)C(F)(F)F)CC1. The highest BCUT2D eigenvalue weighted by molar-refractivity contribution is 7.87. The first kappa shape index (κ1) is 28.5. The Hall–Kier alpha value is -3.47. The van der Waals surface area contributed by atoms with E-state index < -0.39 is 75.3 Å². The number of nitrogens with zero attached hydrogens (tertiary/aromatic N) is 1. The van der Waals surface area contributed by atoms with E-state index in [1.807, 2.05) is 0 Å². The highest BCUT2D eigenvalue weighted by Gasteiger charge is 2.55. The fraction of sp³-hybridized carbons (Fsp3) is 0.318. The molecule has 0 spiro atoms. The predicted molar refractivity (Wildman–Crippen MR) is 114 cm³/mol. The van der Waals surface area contributed by atoms with Gasteiger partial charge in [0.2, 0.25) is 0 Å². The number of nitrogens with one attached hydrogen (secondary N) is 1. The third-order valence-corrected chi connectivity index (χ3v) is 6.97. The number of benzene rings is 2. The zero-order valence-electron chi connectivity index (χ0n) is 19.0. The second kappa shape index (κ2) is 9.32. The summed E-state index contributed by atoms with van der Waals surface area (Å²) in [5.74, 6) is -2.33. The van der Waals surface area contributed by atoms with Gasteiger partial charge in [-0.05, 0) is 29.8 Å². The lowest BCUT2D eigenvalue weighted by atomic mass is 9.80. The second-order valence-electron chi connectivity index (χ2n) is 8.31. The molecule has 0 saturated heterocycles. The Kier molecular flexibility index (Phi) is 6.82. The number of anilines is 1. The van der Waals surface area contributed by atoms with Gasteiger partial charge < -0.3 is 14.2 Å². The quantitative estimate of drug-likeness (QED) is 0.291. The molecule has 0 saturated carbocycles. The van der Waals surface area contributed by atoms with Crippen LogP contribution in [0, 0.1) is 0 Å². The zero-order chi connectivity index (χ0) is 29.0. The number of hydrogen-bond donors (Lipinski definition) is 1. The molecular weight excluding hydrogens is 575 g/mol. The van der Waals surface area contributed by atoms with Crippen LogP contribution in [0.2, 0.25) is 0 Å². The van der Waals surface area contributed by atoms with Crippen LogP contribution in [0.4, 0.5) is 45.2 Å². The Morgan fingerprint density at radius 1 is 0.923 bits per heavy atom. The summed E-state index contributed by atoms with van der Waals surface area (Å²) >= 11 is 0. The molecular formula is C22H15F9N2O5S. The summed E-state index contributed by atoms with van der Waals surface area (Å²) in [6.45, 7) is -0.865. The molecule has 2 aromatic carbocycles. The largest absolute Gasteiger partial charge is 0.573 e. The molecule has 2 aliphatic heterocycles. The van der Waals surface area contributed by atoms with Gasteiger partial charge in [-0.1, -0.05) is 24.3 Å². The number of para-hydroxylation sites is 1. The monoisotopic (exact) mass is 590 g/mol. The number of carbonyl (C=O) groups is 1. The van der Waals surface area contributed by atoms with E-state index in [4.69, 9.17) is 0 Å². The molecule has 2 aliphatic rings. The molecule has 0 aromatic heterocycles. The highest BCUT2D eigenvalue weighted by Crippen LogP contribution is 2.50. The molecule has 0 bridgehead atoms. The van der Waals surface area contributed by atoms with Gasteiger partial charge in [0.05, 0.1) is 11.3 Å². The molecule has 0 radical (unpaired) electrons. The molecule has 2 heterocycles. The van der Waals surface area contributed by atoms with Gasteiger partial charge in [-0.25, -0.2) is 0 Å². The van der Waals surface area contributed by atoms with E-state index >= 15 is 0 Å². The normalized spacial score (nSPS) is 20.7. The number of alkyl halides is 9. The first-order chi connectivity index (χ1) is 17.9. The Balaban J connectivity index is 1.81. The van der Waals surface area contributed by atoms with Crippen molar-refractivity contribution < 1.29 is 61.6 Å². The van der Waals surface area contributed by atoms with E-state index in [1.54, 1.807) is 0 Å². The molecule has 1 amide bonds. The van der Waals surface area contributed by atoms with E-state index in [2.05, 4.69) is 14.2 Å². The van der Waals surface area contributed by atoms with Gasteiger partial charge in [-0.3, -0.25) is 9.69 Å². The van der Waals surface area contributed by atoms with Gasteiger partial charge >= 0.3 is 28.2 Å². The second-order valence-corrected chi connectivity index (χ2v) is 9.85. The van der Waals surface area contributed by atoms with Crippen molar-refractivity contribution in [2.24, 2.45) is 0 Å². The fourth-order valence-corrected chi connectivity index (χ4v) is 4.98. The summed E-state index contributed by atoms with van der Waals surface area (Å²) in [4.78, 5) is 14.7. The lowest BCUT2D eigenvalue weighted by molar-refractivity contribution is -0.274. The van der Waals surface area contributed by atoms with Crippen molar-refractivity contribution in [2.75, 3.05) is 18.4 Å². The van der Waals surface area contributed by atoms with Crippen LogP contribution >= 0.6 is 0 Å². The Morgan fingerprint density at radius 2 is 1.56 bits per heavy atom. The van der Waals surface area contributed by atoms with Crippen LogP contribution in [0.1, 0.15) is 23.1 Å². The lowest BCUT2D eigenvalue weighted by Gasteiger charge is -2.41. The molecule has 2 aromatic rings. The average molecular weight is 590 g/mol. The number of rotatable bonds is 5. The van der Waals surface area contributed by atoms with Gasteiger partial charge in [-0.15, -0.1) is 13.2 Å². The first-order valence-corrected chi connectivity index (χ1v) is 12.1. The van der Waals surface area contributed by atoms with Crippen LogP contribution in [-0.4, -0.2) is 44.2 Å². The van der Waals surface area contributed by atoms with Crippen molar-refractivity contribution in [1.29, 1.82) is 0 Å². The first-order valence-electron chi connectivity index (χ1n) is 10.7. The standard InChI is InChI=1S/C22H15F9N2O5S/c23-20(24,25)16-3-1-2-15-17(16)32-18(34)19(15,12-4-6-13(7-5-12)37-21(26,27)28)33-10-8-14(9-11-33)38-39(35,36)22(29,30)31/h1-8H,9-11H2,(H,32,34). The maximum atomic E-state index is 13.7. The summed E-state index contributed by atoms with van der Waals surface area (Å²) in [5, 5.41) is 2.17. The van der Waals surface area contributed by atoms with Crippen molar-refractivity contribution in [3.63, 3.8) is 0 Å². The minimum Gasteiger partial charge on any atom is -0.406 e. The van der Waals surface area contributed by atoms with E-state index in [9.17, 15) is 52.7 Å². The number of carbonyl (C=O) groups excluding carboxylic acids is 1. The van der Waals surface area contributed by atoms with E-state index in [1.165, 1.54) is 11.0 Å². The van der Waals surface area contributed by atoms with Crippen LogP contribution in [0.15, 0.2) is 54.3 Å². The summed E-state index contributed by atoms with van der Waals surface area (Å²) in [5.41, 5.74) is -9.96. The van der Waals surface area contributed by atoms with Crippen molar-refractivity contribution >= 4 is 21.7 Å². The van der Waals surface area contributed by atoms with Crippen LogP contribution in [-0.2, 0) is 30.8 Å². The molecule has 1 N–H and O–H groups in total. The topological polar surface area (TPSA) is 84.9 Å². The number of halogens is 9. The maximum Gasteiger partial charge on any atom is 0.573 e. The minimum atomic E-state index is -6.00. The number of amides is 1. The van der Waals surface area contributed by atoms with Crippen LogP contribution in [0.5, 0.6) is 5.75 Å². The Labute approximate surface area is 213 Å². The molecule has 17 heteroatoms. The van der Waals surface area contributed by atoms with Crippen LogP contribution in [0.3, 0.4) is 0 Å². The highest BCUT2D eigenvalue weighted by atomic mass is 32.2. The summed E-state index contributed by atoms with van der Waals surface area (Å²) < 4.78 is 148. The predicted octanol–water partition coefficient (Wildman–Crippen LogP) is 5.26. The average Bonchev–Trinajstić information content (AvgIpc) is 3.10. The third kappa shape index (κ3) is 5.24. The van der Waals surface area contributed by atoms with Crippen molar-refractivity contribution in [3.05, 3.63) is 71.0 Å². The Bertz CT molecular complexity index is 1420. The molecule has 7 nitrogen and oxygen atoms in total. The van der Waals surface area contributed by atoms with Gasteiger partial charge in [0.25, 0.3) is 5.91 Å². The number of fused-ring (bicyclic) bond motifs is 1. The number of ether oxygens (including phenoxy) is 1. The molecule has 0 aliphatic carbocycles. The summed E-state index contributed by atoms with van der Waals surface area (Å²) in [6.07, 6.45) is -9.56. The molecule has 212 valence electrons. The zero-order valence-corrected chi connectivity index (χ0v) is 19.9. The summed E-state index contributed by atoms with van der Waals surface area (Å²) in [7, 11) is -6.00. The van der Waals surface area contributed by atoms with E-state index in [0.717, 1.165) is 36.4 Å². The number of hydrogen-bond acceptors (Lipinski definition) is 6. The van der Waals surface area contributed by atoms with Crippen molar-refractivity contribution in [1.82, 2.24) is 4.90 Å². The van der Waals surface area contributed by atoms with Gasteiger partial charge in [0.15, 0.2) is 5.54 Å². The van der Waals surface area contributed by atoms with Crippen molar-refractivity contribution in [3.8, 4) is 5.75 Å². The third-order valence-electron chi connectivity index (χ3n) is 5.97. The summed E-state index contributed by atoms with van der Waals surface area (Å²) in [6, 6.07) is 6.65. The smallest absolute Gasteiger partial charge is 0.406 e. The molecule has 4 rings (SSSR count). The molecule has 1 unspecified atom stereocenters. The fourth-order valence-electron chi connectivity index (χ4n) is 4.45. The van der Waals surface area contributed by atoms with E-state index in [0.29, 0.717) is 6.07 Å². The molecule has 39 heavy (non-hydrogen) atoms. The van der Waals surface area contributed by atoms with Gasteiger partial charge in [-0.2, -0.15) is 34.8 Å². The van der Waals surface area contributed by atoms with Gasteiger partial charge in [0, 0.05) is 25.1 Å². The maximum absolute atomic E-state index is 13.7. The minimum absolute atomic E-state index is 0.0896. The van der Waals surface area contributed by atoms with Gasteiger partial charge in [0.1, 0.15) is 11.5 Å².